The van der Waals surface area contributed by atoms with Crippen molar-refractivity contribution in [3.8, 4) is 0 Å². The fourth-order valence-electron chi connectivity index (χ4n) is 2.06. The minimum Gasteiger partial charge on any atom is -0.0882 e. The molecule has 0 amide bonds. The molecule has 0 bridgehead atoms. The number of hydrogen-bond donors (Lipinski definition) is 0. The maximum Gasteiger partial charge on any atom is 0 e. The Bertz CT molecular complexity index is 312. The molecule has 1 radical (unpaired) electrons. The second-order valence-corrected chi connectivity index (χ2v) is 4.76. The summed E-state index contributed by atoms with van der Waals surface area (Å²) in [4.78, 5) is 0. The zero-order valence-electron chi connectivity index (χ0n) is 11.7. The Morgan fingerprint density at radius 3 is 1.00 bits per heavy atom. The Morgan fingerprint density at radius 2 is 0.778 bits per heavy atom. The number of allylic oxidation sites excluding steroid dienone is 4. The van der Waals surface area contributed by atoms with Gasteiger partial charge in [-0.3, -0.25) is 0 Å². The van der Waals surface area contributed by atoms with Gasteiger partial charge < -0.3 is 0 Å². The molecule has 101 valence electrons. The second-order valence-electron chi connectivity index (χ2n) is 4.76. The van der Waals surface area contributed by atoms with Gasteiger partial charge in [-0.25, -0.2) is 0 Å². The second kappa shape index (κ2) is 10.3. The van der Waals surface area contributed by atoms with Crippen LogP contribution in [0.15, 0.2) is 42.5 Å². The standard InChI is InChI=1S/C9H12.C8H12.Rh/c1-7-4-8(2)6-9(3)5-7;1-2-4-6-8-7-5-3-1;/h4-6H,1-3H3;1-2,7-8H,3-6H2;/b;2-1-,8-7-;. The summed E-state index contributed by atoms with van der Waals surface area (Å²) in [6.45, 7) is 6.38. The normalized spacial score (nSPS) is 17.3. The van der Waals surface area contributed by atoms with Crippen molar-refractivity contribution in [2.24, 2.45) is 0 Å². The molecule has 1 aromatic rings. The molecule has 1 aliphatic carbocycles. The fourth-order valence-corrected chi connectivity index (χ4v) is 2.06. The van der Waals surface area contributed by atoms with Crippen molar-refractivity contribution in [2.75, 3.05) is 0 Å². The first-order chi connectivity index (χ1) is 8.18. The van der Waals surface area contributed by atoms with Gasteiger partial charge in [0.05, 0.1) is 0 Å². The first-order valence-electron chi connectivity index (χ1n) is 6.53. The number of hydrogen-bond acceptors (Lipinski definition) is 0. The average Bonchev–Trinajstić information content (AvgIpc) is 2.13. The maximum absolute atomic E-state index is 2.27. The van der Waals surface area contributed by atoms with E-state index in [1.54, 1.807) is 0 Å². The van der Waals surface area contributed by atoms with Gasteiger partial charge >= 0.3 is 0 Å². The molecule has 1 aliphatic rings. The van der Waals surface area contributed by atoms with Gasteiger partial charge in [-0.15, -0.1) is 0 Å². The molecule has 1 aromatic carbocycles. The van der Waals surface area contributed by atoms with Crippen LogP contribution in [-0.2, 0) is 19.5 Å². The van der Waals surface area contributed by atoms with Crippen LogP contribution in [0.3, 0.4) is 0 Å². The van der Waals surface area contributed by atoms with E-state index in [-0.39, 0.29) is 19.5 Å². The van der Waals surface area contributed by atoms with Crippen LogP contribution in [0.4, 0.5) is 0 Å². The molecule has 0 aromatic heterocycles. The van der Waals surface area contributed by atoms with Crippen molar-refractivity contribution >= 4 is 0 Å². The van der Waals surface area contributed by atoms with Gasteiger partial charge in [-0.2, -0.15) is 0 Å². The molecule has 2 rings (SSSR count). The number of aryl methyl sites for hydroxylation is 3. The van der Waals surface area contributed by atoms with E-state index >= 15 is 0 Å². The summed E-state index contributed by atoms with van der Waals surface area (Å²) in [6.07, 6.45) is 14.0. The summed E-state index contributed by atoms with van der Waals surface area (Å²) in [5, 5.41) is 0. The van der Waals surface area contributed by atoms with Crippen molar-refractivity contribution < 1.29 is 19.5 Å². The van der Waals surface area contributed by atoms with E-state index in [9.17, 15) is 0 Å². The van der Waals surface area contributed by atoms with Gasteiger partial charge in [0, 0.05) is 19.5 Å². The largest absolute Gasteiger partial charge is 0.0882 e. The van der Waals surface area contributed by atoms with E-state index < -0.39 is 0 Å². The minimum atomic E-state index is 0. The molecule has 0 saturated heterocycles. The maximum atomic E-state index is 2.27. The quantitative estimate of drug-likeness (QED) is 0.448. The Hall–Kier alpha value is -0.677. The van der Waals surface area contributed by atoms with Crippen LogP contribution in [0.2, 0.25) is 0 Å². The van der Waals surface area contributed by atoms with Gasteiger partial charge in [0.1, 0.15) is 0 Å². The minimum absolute atomic E-state index is 0. The summed E-state index contributed by atoms with van der Waals surface area (Å²) in [5.41, 5.74) is 4.06. The fraction of sp³-hybridized carbons (Fsp3) is 0.412. The number of rotatable bonds is 0. The van der Waals surface area contributed by atoms with Crippen molar-refractivity contribution in [3.63, 3.8) is 0 Å². The smallest absolute Gasteiger partial charge is 0 e. The van der Waals surface area contributed by atoms with Gasteiger partial charge in [0.25, 0.3) is 0 Å². The molecule has 0 saturated carbocycles. The summed E-state index contributed by atoms with van der Waals surface area (Å²) >= 11 is 0. The average molecular weight is 331 g/mol. The summed E-state index contributed by atoms with van der Waals surface area (Å²) in [5.74, 6) is 0. The van der Waals surface area contributed by atoms with Crippen molar-refractivity contribution in [1.29, 1.82) is 0 Å². The Labute approximate surface area is 125 Å². The van der Waals surface area contributed by atoms with Crippen molar-refractivity contribution in [2.45, 2.75) is 46.5 Å². The Balaban J connectivity index is 0.000000306. The van der Waals surface area contributed by atoms with Crippen LogP contribution < -0.4 is 0 Å². The molecule has 0 fully saturated rings. The van der Waals surface area contributed by atoms with Crippen LogP contribution in [0, 0.1) is 20.8 Å². The third-order valence-corrected chi connectivity index (χ3v) is 2.70. The molecule has 0 nitrogen and oxygen atoms in total. The monoisotopic (exact) mass is 331 g/mol. The van der Waals surface area contributed by atoms with E-state index in [0.717, 1.165) is 0 Å². The van der Waals surface area contributed by atoms with Crippen molar-refractivity contribution in [3.05, 3.63) is 59.2 Å². The first-order valence-corrected chi connectivity index (χ1v) is 6.53. The Kier molecular flexibility index (Phi) is 9.88. The predicted octanol–water partition coefficient (Wildman–Crippen LogP) is 5.28. The van der Waals surface area contributed by atoms with Gasteiger partial charge in [-0.05, 0) is 46.5 Å². The van der Waals surface area contributed by atoms with Gasteiger partial charge in [-0.1, -0.05) is 59.2 Å². The van der Waals surface area contributed by atoms with E-state index in [4.69, 9.17) is 0 Å². The summed E-state index contributed by atoms with van der Waals surface area (Å²) in [6, 6.07) is 6.56. The van der Waals surface area contributed by atoms with Crippen LogP contribution in [0.1, 0.15) is 42.4 Å². The Morgan fingerprint density at radius 1 is 0.556 bits per heavy atom. The zero-order valence-corrected chi connectivity index (χ0v) is 13.3. The predicted molar refractivity (Wildman–Crippen MR) is 77.4 cm³/mol. The first kappa shape index (κ1) is 17.3. The van der Waals surface area contributed by atoms with E-state index in [2.05, 4.69) is 63.3 Å². The molecular formula is C17H24Rh. The van der Waals surface area contributed by atoms with Crippen molar-refractivity contribution in [1.82, 2.24) is 0 Å². The SMILES string of the molecule is C1=C\CC/C=C\CC/1.Cc1cc(C)cc(C)c1.[Rh]. The van der Waals surface area contributed by atoms with Crippen LogP contribution in [0.5, 0.6) is 0 Å². The van der Waals surface area contributed by atoms with Crippen LogP contribution in [-0.4, -0.2) is 0 Å². The molecule has 0 heterocycles. The van der Waals surface area contributed by atoms with Crippen LogP contribution >= 0.6 is 0 Å². The number of benzene rings is 1. The molecule has 0 unspecified atom stereocenters. The van der Waals surface area contributed by atoms with E-state index in [1.165, 1.54) is 42.4 Å². The topological polar surface area (TPSA) is 0 Å². The summed E-state index contributed by atoms with van der Waals surface area (Å²) < 4.78 is 0. The van der Waals surface area contributed by atoms with E-state index in [0.29, 0.717) is 0 Å². The third kappa shape index (κ3) is 8.42. The van der Waals surface area contributed by atoms with Gasteiger partial charge in [0.2, 0.25) is 0 Å². The molecule has 0 aliphatic heterocycles. The van der Waals surface area contributed by atoms with E-state index in [1.807, 2.05) is 0 Å². The zero-order chi connectivity index (χ0) is 12.5. The van der Waals surface area contributed by atoms with Gasteiger partial charge in [0.15, 0.2) is 0 Å². The molecule has 18 heavy (non-hydrogen) atoms. The van der Waals surface area contributed by atoms with Crippen LogP contribution in [0.25, 0.3) is 0 Å². The molecule has 0 spiro atoms. The molecule has 0 N–H and O–H groups in total. The molecule has 1 heteroatoms. The summed E-state index contributed by atoms with van der Waals surface area (Å²) in [7, 11) is 0. The molecular weight excluding hydrogens is 307 g/mol. The molecule has 0 atom stereocenters. The third-order valence-electron chi connectivity index (χ3n) is 2.70.